The van der Waals surface area contributed by atoms with E-state index in [1.807, 2.05) is 21.1 Å². The van der Waals surface area contributed by atoms with Gasteiger partial charge in [0.2, 0.25) is 0 Å². The van der Waals surface area contributed by atoms with Crippen molar-refractivity contribution < 1.29 is 38.2 Å². The van der Waals surface area contributed by atoms with Gasteiger partial charge >= 0.3 is 11.9 Å². The van der Waals surface area contributed by atoms with Gasteiger partial charge in [-0.15, -0.1) is 0 Å². The van der Waals surface area contributed by atoms with E-state index in [1.54, 1.807) is 0 Å². The standard InChI is InChI=1S/C55H103NO7/c1-6-8-10-12-14-16-18-20-22-24-26-28-30-32-34-36-38-40-42-44-46-54(58)63-51(49-61-48-47-52(55(59)60)56(3,4)5)50-62-53(57)45-43-41-39-37-35-33-31-29-27-25-23-21-19-17-15-13-11-9-7-2/h25-28,51-52H,6-24,29-50H2,1-5H3/b27-25+,28-26+. The number of carboxylic acids is 1. The largest absolute Gasteiger partial charge is 0.544 e. The van der Waals surface area contributed by atoms with Gasteiger partial charge in [0.1, 0.15) is 12.6 Å². The van der Waals surface area contributed by atoms with Crippen molar-refractivity contribution in [1.29, 1.82) is 0 Å². The van der Waals surface area contributed by atoms with Crippen LogP contribution in [0.5, 0.6) is 0 Å². The molecule has 0 aliphatic heterocycles. The van der Waals surface area contributed by atoms with Crippen LogP contribution in [-0.4, -0.2) is 75.5 Å². The Morgan fingerprint density at radius 3 is 1.14 bits per heavy atom. The molecule has 8 heteroatoms. The Hall–Kier alpha value is -2.19. The van der Waals surface area contributed by atoms with Crippen LogP contribution in [0.4, 0.5) is 0 Å². The van der Waals surface area contributed by atoms with E-state index in [9.17, 15) is 19.5 Å². The fourth-order valence-electron chi connectivity index (χ4n) is 8.12. The normalized spacial score (nSPS) is 13.0. The molecule has 0 N–H and O–H groups in total. The molecule has 0 saturated carbocycles. The molecule has 0 spiro atoms. The van der Waals surface area contributed by atoms with E-state index in [1.165, 1.54) is 186 Å². The molecule has 2 unspecified atom stereocenters. The number of ether oxygens (including phenoxy) is 3. The maximum atomic E-state index is 12.8. The summed E-state index contributed by atoms with van der Waals surface area (Å²) in [4.78, 5) is 37.1. The van der Waals surface area contributed by atoms with Crippen LogP contribution >= 0.6 is 0 Å². The van der Waals surface area contributed by atoms with Gasteiger partial charge in [0.25, 0.3) is 0 Å². The second-order valence-corrected chi connectivity index (χ2v) is 19.5. The van der Waals surface area contributed by atoms with Crippen molar-refractivity contribution in [1.82, 2.24) is 0 Å². The number of nitrogens with zero attached hydrogens (tertiary/aromatic N) is 1. The molecule has 0 aromatic rings. The van der Waals surface area contributed by atoms with Gasteiger partial charge in [0.05, 0.1) is 40.3 Å². The van der Waals surface area contributed by atoms with Crippen molar-refractivity contribution >= 4 is 17.9 Å². The van der Waals surface area contributed by atoms with Crippen LogP contribution < -0.4 is 5.11 Å². The monoisotopic (exact) mass is 890 g/mol. The molecular formula is C55H103NO7. The number of hydrogen-bond donors (Lipinski definition) is 0. The summed E-state index contributed by atoms with van der Waals surface area (Å²) in [7, 11) is 5.42. The molecule has 63 heavy (non-hydrogen) atoms. The van der Waals surface area contributed by atoms with Crippen molar-refractivity contribution in [2.45, 2.75) is 270 Å². The Kier molecular flexibility index (Phi) is 44.7. The molecule has 0 aromatic carbocycles. The molecule has 370 valence electrons. The van der Waals surface area contributed by atoms with Crippen LogP contribution in [-0.2, 0) is 28.6 Å². The van der Waals surface area contributed by atoms with E-state index >= 15 is 0 Å². The number of carbonyl (C=O) groups excluding carboxylic acids is 3. The van der Waals surface area contributed by atoms with E-state index in [0.29, 0.717) is 12.8 Å². The highest BCUT2D eigenvalue weighted by Gasteiger charge is 2.25. The number of likely N-dealkylation sites (N-methyl/N-ethyl adjacent to an activating group) is 1. The van der Waals surface area contributed by atoms with E-state index in [-0.39, 0.29) is 42.7 Å². The van der Waals surface area contributed by atoms with Crippen LogP contribution in [0.15, 0.2) is 24.3 Å². The molecule has 0 aliphatic carbocycles. The Bertz CT molecular complexity index is 1080. The molecule has 8 nitrogen and oxygen atoms in total. The summed E-state index contributed by atoms with van der Waals surface area (Å²) < 4.78 is 17.3. The molecule has 0 aromatic heterocycles. The lowest BCUT2D eigenvalue weighted by molar-refractivity contribution is -0.889. The molecule has 0 amide bonds. The topological polar surface area (TPSA) is 102 Å². The summed E-state index contributed by atoms with van der Waals surface area (Å²) in [5.74, 6) is -1.73. The van der Waals surface area contributed by atoms with Gasteiger partial charge in [-0.25, -0.2) is 0 Å². The zero-order valence-corrected chi connectivity index (χ0v) is 42.3. The highest BCUT2D eigenvalue weighted by Crippen LogP contribution is 2.16. The molecule has 2 atom stereocenters. The number of quaternary nitrogens is 1. The zero-order valence-electron chi connectivity index (χ0n) is 42.3. The van der Waals surface area contributed by atoms with Crippen molar-refractivity contribution in [3.05, 3.63) is 24.3 Å². The minimum Gasteiger partial charge on any atom is -0.544 e. The maximum absolute atomic E-state index is 12.8. The summed E-state index contributed by atoms with van der Waals surface area (Å²) in [6.07, 6.45) is 53.5. The molecular weight excluding hydrogens is 787 g/mol. The Labute approximate surface area is 390 Å². The molecule has 0 fully saturated rings. The van der Waals surface area contributed by atoms with Gasteiger partial charge in [-0.3, -0.25) is 9.59 Å². The highest BCUT2D eigenvalue weighted by molar-refractivity contribution is 5.70. The molecule has 0 saturated heterocycles. The van der Waals surface area contributed by atoms with Gasteiger partial charge in [-0.1, -0.05) is 199 Å². The van der Waals surface area contributed by atoms with Crippen molar-refractivity contribution in [3.63, 3.8) is 0 Å². The molecule has 0 bridgehead atoms. The minimum absolute atomic E-state index is 0.0411. The summed E-state index contributed by atoms with van der Waals surface area (Å²) in [6, 6.07) is -0.726. The minimum atomic E-state index is -1.12. The second-order valence-electron chi connectivity index (χ2n) is 19.5. The number of carbonyl (C=O) groups is 3. The molecule has 0 aliphatic rings. The van der Waals surface area contributed by atoms with Gasteiger partial charge in [0.15, 0.2) is 6.10 Å². The van der Waals surface area contributed by atoms with Crippen molar-refractivity contribution in [3.8, 4) is 0 Å². The van der Waals surface area contributed by atoms with Crippen LogP contribution in [0.25, 0.3) is 0 Å². The maximum Gasteiger partial charge on any atom is 0.306 e. The predicted octanol–water partition coefficient (Wildman–Crippen LogP) is 14.3. The van der Waals surface area contributed by atoms with Crippen LogP contribution in [0.1, 0.15) is 258 Å². The van der Waals surface area contributed by atoms with Crippen LogP contribution in [0.3, 0.4) is 0 Å². The first-order valence-corrected chi connectivity index (χ1v) is 26.9. The number of hydrogen-bond acceptors (Lipinski definition) is 7. The summed E-state index contributed by atoms with van der Waals surface area (Å²) >= 11 is 0. The van der Waals surface area contributed by atoms with Crippen LogP contribution in [0.2, 0.25) is 0 Å². The number of rotatable bonds is 49. The molecule has 0 heterocycles. The summed E-state index contributed by atoms with van der Waals surface area (Å²) in [5.41, 5.74) is 0. The number of carboxylic acid groups (broad SMARTS) is 1. The second kappa shape index (κ2) is 46.3. The average molecular weight is 890 g/mol. The lowest BCUT2D eigenvalue weighted by Crippen LogP contribution is -2.55. The summed E-state index contributed by atoms with van der Waals surface area (Å²) in [6.45, 7) is 4.69. The van der Waals surface area contributed by atoms with E-state index in [0.717, 1.165) is 38.5 Å². The molecule has 0 rings (SSSR count). The lowest BCUT2D eigenvalue weighted by atomic mass is 10.1. The zero-order chi connectivity index (χ0) is 46.3. The van der Waals surface area contributed by atoms with Gasteiger partial charge in [-0.05, 0) is 64.2 Å². The van der Waals surface area contributed by atoms with Gasteiger partial charge in [0, 0.05) is 19.3 Å². The Morgan fingerprint density at radius 2 is 0.794 bits per heavy atom. The van der Waals surface area contributed by atoms with E-state index < -0.39 is 18.1 Å². The lowest BCUT2D eigenvalue weighted by Gasteiger charge is -2.34. The fourth-order valence-corrected chi connectivity index (χ4v) is 8.12. The average Bonchev–Trinajstić information content (AvgIpc) is 3.24. The number of esters is 2. The predicted molar refractivity (Wildman–Crippen MR) is 264 cm³/mol. The first-order chi connectivity index (χ1) is 30.6. The first-order valence-electron chi connectivity index (χ1n) is 26.9. The third kappa shape index (κ3) is 44.8. The first kappa shape index (κ1) is 60.8. The smallest absolute Gasteiger partial charge is 0.306 e. The van der Waals surface area contributed by atoms with Gasteiger partial charge in [-0.2, -0.15) is 0 Å². The summed E-state index contributed by atoms with van der Waals surface area (Å²) in [5, 5.41) is 11.7. The van der Waals surface area contributed by atoms with Crippen molar-refractivity contribution in [2.75, 3.05) is 41.0 Å². The Morgan fingerprint density at radius 1 is 0.460 bits per heavy atom. The van der Waals surface area contributed by atoms with Gasteiger partial charge < -0.3 is 28.6 Å². The van der Waals surface area contributed by atoms with E-state index in [2.05, 4.69) is 38.2 Å². The van der Waals surface area contributed by atoms with Crippen molar-refractivity contribution in [2.24, 2.45) is 0 Å². The van der Waals surface area contributed by atoms with E-state index in [4.69, 9.17) is 14.2 Å². The third-order valence-corrected chi connectivity index (χ3v) is 12.3. The number of aliphatic carboxylic acids is 1. The number of allylic oxidation sites excluding steroid dienone is 4. The number of unbranched alkanes of at least 4 members (excludes halogenated alkanes) is 31. The highest BCUT2D eigenvalue weighted by atomic mass is 16.6. The Balaban J connectivity index is 4.22. The fraction of sp³-hybridized carbons (Fsp3) is 0.873. The SMILES string of the molecule is CCCCCCCCCC/C=C/CCCCCCCCCC(=O)OCC(COCCC(C(=O)[O-])[N+](C)(C)C)OC(=O)CCCCCCCCC/C=C/CCCCCCCCCCC. The molecule has 0 radical (unpaired) electrons. The van der Waals surface area contributed by atoms with Crippen LogP contribution in [0, 0.1) is 0 Å². The third-order valence-electron chi connectivity index (χ3n) is 12.3. The quantitative estimate of drug-likeness (QED) is 0.0259.